The topological polar surface area (TPSA) is 73.3 Å². The van der Waals surface area contributed by atoms with Crippen molar-refractivity contribution in [3.63, 3.8) is 0 Å². The summed E-state index contributed by atoms with van der Waals surface area (Å²) in [5, 5.41) is 3.27. The van der Waals surface area contributed by atoms with Crippen LogP contribution in [0.1, 0.15) is 6.92 Å². The Kier molecular flexibility index (Phi) is 6.49. The highest BCUT2D eigenvalue weighted by molar-refractivity contribution is 8.00. The lowest BCUT2D eigenvalue weighted by molar-refractivity contribution is -0.115. The van der Waals surface area contributed by atoms with E-state index in [1.54, 1.807) is 32.4 Å². The number of methoxy groups -OCH3 is 2. The first-order valence-corrected chi connectivity index (χ1v) is 9.55. The van der Waals surface area contributed by atoms with E-state index in [1.165, 1.54) is 18.1 Å². The van der Waals surface area contributed by atoms with Crippen LogP contribution in [0.25, 0.3) is 11.3 Å². The van der Waals surface area contributed by atoms with Crippen molar-refractivity contribution in [3.05, 3.63) is 60.9 Å². The summed E-state index contributed by atoms with van der Waals surface area (Å²) in [4.78, 5) is 21.2. The summed E-state index contributed by atoms with van der Waals surface area (Å²) < 4.78 is 10.5. The quantitative estimate of drug-likeness (QED) is 0.475. The molecule has 3 aromatic rings. The summed E-state index contributed by atoms with van der Waals surface area (Å²) in [6.45, 7) is 1.83. The van der Waals surface area contributed by atoms with Crippen LogP contribution in [-0.4, -0.2) is 35.3 Å². The molecule has 1 N–H and O–H groups in total. The largest absolute Gasteiger partial charge is 0.497 e. The Morgan fingerprint density at radius 1 is 1.04 bits per heavy atom. The Morgan fingerprint density at radius 2 is 1.82 bits per heavy atom. The molecule has 1 atom stereocenters. The van der Waals surface area contributed by atoms with E-state index in [2.05, 4.69) is 15.3 Å². The van der Waals surface area contributed by atoms with Crippen molar-refractivity contribution < 1.29 is 14.3 Å². The molecular weight excluding hydrogens is 374 g/mol. The van der Waals surface area contributed by atoms with Gasteiger partial charge in [0.25, 0.3) is 0 Å². The molecule has 1 heterocycles. The van der Waals surface area contributed by atoms with E-state index in [9.17, 15) is 4.79 Å². The third-order valence-corrected chi connectivity index (χ3v) is 5.08. The molecule has 6 nitrogen and oxygen atoms in total. The maximum absolute atomic E-state index is 12.6. The van der Waals surface area contributed by atoms with Gasteiger partial charge in [0.15, 0.2) is 0 Å². The van der Waals surface area contributed by atoms with Crippen LogP contribution in [-0.2, 0) is 4.79 Å². The van der Waals surface area contributed by atoms with E-state index in [4.69, 9.17) is 9.47 Å². The Hall–Kier alpha value is -3.06. The van der Waals surface area contributed by atoms with Crippen LogP contribution >= 0.6 is 11.8 Å². The number of aromatic nitrogens is 2. The molecule has 0 aliphatic rings. The zero-order valence-electron chi connectivity index (χ0n) is 15.9. The van der Waals surface area contributed by atoms with Crippen LogP contribution in [0.5, 0.6) is 11.5 Å². The van der Waals surface area contributed by atoms with Crippen LogP contribution in [0.15, 0.2) is 66.0 Å². The first-order chi connectivity index (χ1) is 13.6. The van der Waals surface area contributed by atoms with Crippen LogP contribution in [0.4, 0.5) is 5.69 Å². The minimum Gasteiger partial charge on any atom is -0.497 e. The Bertz CT molecular complexity index is 951. The highest BCUT2D eigenvalue weighted by Gasteiger charge is 2.18. The van der Waals surface area contributed by atoms with Gasteiger partial charge in [0.05, 0.1) is 30.9 Å². The zero-order chi connectivity index (χ0) is 19.9. The summed E-state index contributed by atoms with van der Waals surface area (Å²) in [7, 11) is 3.13. The summed E-state index contributed by atoms with van der Waals surface area (Å²) in [6, 6.07) is 17.0. The number of nitrogens with one attached hydrogen (secondary N) is 1. The smallest absolute Gasteiger partial charge is 0.237 e. The van der Waals surface area contributed by atoms with Crippen molar-refractivity contribution in [2.45, 2.75) is 17.2 Å². The lowest BCUT2D eigenvalue weighted by atomic mass is 10.1. The molecule has 0 aliphatic heterocycles. The molecule has 0 fully saturated rings. The van der Waals surface area contributed by atoms with E-state index >= 15 is 0 Å². The van der Waals surface area contributed by atoms with Gasteiger partial charge in [0.2, 0.25) is 5.91 Å². The van der Waals surface area contributed by atoms with Gasteiger partial charge in [-0.15, -0.1) is 0 Å². The average Bonchev–Trinajstić information content (AvgIpc) is 2.74. The fraction of sp³-hybridized carbons (Fsp3) is 0.190. The normalized spacial score (nSPS) is 11.5. The molecule has 0 saturated heterocycles. The second-order valence-electron chi connectivity index (χ2n) is 5.92. The molecule has 28 heavy (non-hydrogen) atoms. The van der Waals surface area contributed by atoms with Crippen molar-refractivity contribution >= 4 is 23.4 Å². The summed E-state index contributed by atoms with van der Waals surface area (Å²) in [5.41, 5.74) is 2.42. The first-order valence-electron chi connectivity index (χ1n) is 8.67. The number of benzene rings is 2. The number of anilines is 1. The predicted octanol–water partition coefficient (Wildman–Crippen LogP) is 4.28. The van der Waals surface area contributed by atoms with Gasteiger partial charge in [-0.25, -0.2) is 9.97 Å². The number of thioether (sulfide) groups is 1. The van der Waals surface area contributed by atoms with Crippen LogP contribution in [0.3, 0.4) is 0 Å². The number of hydrogen-bond acceptors (Lipinski definition) is 6. The van der Waals surface area contributed by atoms with Gasteiger partial charge in [0.1, 0.15) is 22.9 Å². The average molecular weight is 395 g/mol. The molecule has 0 aliphatic carbocycles. The number of amides is 1. The standard InChI is InChI=1S/C21H21N3O3S/c1-14(21(25)24-17-10-9-16(26-2)11-19(17)27-3)28-20-12-18(22-13-23-20)15-7-5-4-6-8-15/h4-14H,1-3H3,(H,24,25)/t14-/m1/s1. The molecule has 7 heteroatoms. The Morgan fingerprint density at radius 3 is 2.54 bits per heavy atom. The van der Waals surface area contributed by atoms with E-state index in [-0.39, 0.29) is 11.2 Å². The summed E-state index contributed by atoms with van der Waals surface area (Å²) in [6.07, 6.45) is 1.52. The molecule has 144 valence electrons. The molecule has 3 rings (SSSR count). The molecule has 0 saturated carbocycles. The van der Waals surface area contributed by atoms with Gasteiger partial charge >= 0.3 is 0 Å². The number of carbonyl (C=O) groups is 1. The molecule has 0 unspecified atom stereocenters. The molecule has 0 spiro atoms. The molecule has 1 aromatic heterocycles. The van der Waals surface area contributed by atoms with Crippen LogP contribution in [0.2, 0.25) is 0 Å². The van der Waals surface area contributed by atoms with E-state index < -0.39 is 0 Å². The fourth-order valence-corrected chi connectivity index (χ4v) is 3.36. The van der Waals surface area contributed by atoms with Crippen molar-refractivity contribution in [1.82, 2.24) is 9.97 Å². The van der Waals surface area contributed by atoms with Gasteiger partial charge in [-0.3, -0.25) is 4.79 Å². The Labute approximate surface area is 168 Å². The monoisotopic (exact) mass is 395 g/mol. The van der Waals surface area contributed by atoms with Gasteiger partial charge in [-0.05, 0) is 25.1 Å². The van der Waals surface area contributed by atoms with Crippen molar-refractivity contribution in [3.8, 4) is 22.8 Å². The first kappa shape index (κ1) is 19.7. The van der Waals surface area contributed by atoms with Gasteiger partial charge < -0.3 is 14.8 Å². The lowest BCUT2D eigenvalue weighted by Crippen LogP contribution is -2.22. The lowest BCUT2D eigenvalue weighted by Gasteiger charge is -2.15. The maximum atomic E-state index is 12.6. The van der Waals surface area contributed by atoms with Crippen molar-refractivity contribution in [2.24, 2.45) is 0 Å². The number of hydrogen-bond donors (Lipinski definition) is 1. The van der Waals surface area contributed by atoms with Crippen LogP contribution < -0.4 is 14.8 Å². The summed E-state index contributed by atoms with van der Waals surface area (Å²) in [5.74, 6) is 1.05. The molecule has 2 aromatic carbocycles. The Balaban J connectivity index is 1.70. The zero-order valence-corrected chi connectivity index (χ0v) is 16.7. The molecule has 0 bridgehead atoms. The van der Waals surface area contributed by atoms with E-state index in [0.717, 1.165) is 16.3 Å². The number of ether oxygens (including phenoxy) is 2. The fourth-order valence-electron chi connectivity index (χ4n) is 2.54. The maximum Gasteiger partial charge on any atom is 0.237 e. The third-order valence-electron chi connectivity index (χ3n) is 4.04. The van der Waals surface area contributed by atoms with Gasteiger partial charge in [-0.1, -0.05) is 42.1 Å². The number of rotatable bonds is 7. The predicted molar refractivity (Wildman–Crippen MR) is 111 cm³/mol. The second-order valence-corrected chi connectivity index (χ2v) is 7.28. The second kappa shape index (κ2) is 9.23. The summed E-state index contributed by atoms with van der Waals surface area (Å²) >= 11 is 1.37. The minimum atomic E-state index is -0.356. The SMILES string of the molecule is COc1ccc(NC(=O)[C@@H](C)Sc2cc(-c3ccccc3)ncn2)c(OC)c1. The molecule has 0 radical (unpaired) electrons. The number of carbonyl (C=O) groups excluding carboxylic acids is 1. The van der Waals surface area contributed by atoms with Gasteiger partial charge in [-0.2, -0.15) is 0 Å². The van der Waals surface area contributed by atoms with Gasteiger partial charge in [0, 0.05) is 11.6 Å². The minimum absolute atomic E-state index is 0.145. The van der Waals surface area contributed by atoms with E-state index in [0.29, 0.717) is 17.2 Å². The van der Waals surface area contributed by atoms with Crippen molar-refractivity contribution in [2.75, 3.05) is 19.5 Å². The number of nitrogens with zero attached hydrogens (tertiary/aromatic N) is 2. The van der Waals surface area contributed by atoms with Crippen molar-refractivity contribution in [1.29, 1.82) is 0 Å². The highest BCUT2D eigenvalue weighted by atomic mass is 32.2. The highest BCUT2D eigenvalue weighted by Crippen LogP contribution is 2.31. The third kappa shape index (κ3) is 4.80. The molecular formula is C21H21N3O3S. The molecule has 1 amide bonds. The van der Waals surface area contributed by atoms with E-state index in [1.807, 2.05) is 43.3 Å². The van der Waals surface area contributed by atoms with Crippen LogP contribution in [0, 0.1) is 0 Å².